The predicted octanol–water partition coefficient (Wildman–Crippen LogP) is 7.35. The lowest BCUT2D eigenvalue weighted by molar-refractivity contribution is -0.100. The van der Waals surface area contributed by atoms with Gasteiger partial charge in [-0.1, -0.05) is 92.7 Å². The molecule has 0 aliphatic carbocycles. The number of aromatic hydroxyl groups is 2. The molecule has 0 aliphatic rings. The Morgan fingerprint density at radius 2 is 1.29 bits per heavy atom. The summed E-state index contributed by atoms with van der Waals surface area (Å²) >= 11 is 0. The summed E-state index contributed by atoms with van der Waals surface area (Å²) in [6, 6.07) is 34.9. The molecule has 242 valence electrons. The molecule has 0 aliphatic heterocycles. The highest BCUT2D eigenvalue weighted by Gasteiger charge is 2.15. The van der Waals surface area contributed by atoms with Gasteiger partial charge in [0.15, 0.2) is 11.5 Å². The van der Waals surface area contributed by atoms with Gasteiger partial charge in [0.1, 0.15) is 11.5 Å². The average Bonchev–Trinajstić information content (AvgIpc) is 3.12. The summed E-state index contributed by atoms with van der Waals surface area (Å²) in [5.41, 5.74) is 9.26. The minimum absolute atomic E-state index is 0.0963. The summed E-state index contributed by atoms with van der Waals surface area (Å²) in [6.07, 6.45) is 2.50. The molecule has 0 fully saturated rings. The Morgan fingerprint density at radius 1 is 0.708 bits per heavy atom. The van der Waals surface area contributed by atoms with Gasteiger partial charge in [0.2, 0.25) is 0 Å². The van der Waals surface area contributed by atoms with Crippen LogP contribution in [0.5, 0.6) is 23.0 Å². The summed E-state index contributed by atoms with van der Waals surface area (Å²) in [5.74, 6) is -0.734. The van der Waals surface area contributed by atoms with Gasteiger partial charge in [-0.15, -0.1) is 0 Å². The van der Waals surface area contributed by atoms with Crippen LogP contribution in [0.25, 0.3) is 21.5 Å². The topological polar surface area (TPSA) is 167 Å². The van der Waals surface area contributed by atoms with Crippen LogP contribution >= 0.6 is 0 Å². The molecule has 6 aromatic carbocycles. The van der Waals surface area contributed by atoms with Crippen LogP contribution in [0.3, 0.4) is 0 Å². The standard InChI is InChI=1S/C29H21N3O5.C7H7NO.C2H6/c30-28(34)24-15-19-8-1-2-9-20(19)16-26(24)37-36-25-12-6-4-10-21(25)17-31-32-29(35)23-14-13-18-7-3-5-11-22(18)27(23)33;8-5-6-3-1-2-4-7(6)9;1-2/h1-17,33H,(H2,30,34)(H,32,35);1-5,8-9H;1-2H3/b31-17+;;. The Bertz CT molecular complexity index is 2090. The lowest BCUT2D eigenvalue weighted by atomic mass is 10.1. The van der Waals surface area contributed by atoms with Crippen LogP contribution in [-0.4, -0.2) is 34.5 Å². The number of hydrogen-bond donors (Lipinski definition) is 5. The van der Waals surface area contributed by atoms with E-state index in [9.17, 15) is 14.7 Å². The van der Waals surface area contributed by atoms with Gasteiger partial charge < -0.3 is 21.4 Å². The van der Waals surface area contributed by atoms with E-state index in [2.05, 4.69) is 10.5 Å². The Kier molecular flexibility index (Phi) is 11.8. The van der Waals surface area contributed by atoms with Crippen LogP contribution in [0.15, 0.2) is 126 Å². The van der Waals surface area contributed by atoms with Crippen molar-refractivity contribution in [1.29, 1.82) is 5.41 Å². The summed E-state index contributed by atoms with van der Waals surface area (Å²) in [6.45, 7) is 4.00. The minimum Gasteiger partial charge on any atom is -0.507 e. The number of phenolic OH excluding ortho intramolecular Hbond substituents is 2. The molecule has 10 nitrogen and oxygen atoms in total. The number of phenols is 2. The first kappa shape index (κ1) is 34.2. The van der Waals surface area contributed by atoms with E-state index >= 15 is 0 Å². The molecule has 0 saturated heterocycles. The lowest BCUT2D eigenvalue weighted by Gasteiger charge is -2.11. The Labute approximate surface area is 277 Å². The number of nitrogens with one attached hydrogen (secondary N) is 2. The van der Waals surface area contributed by atoms with E-state index in [4.69, 9.17) is 26.0 Å². The van der Waals surface area contributed by atoms with Gasteiger partial charge in [0.25, 0.3) is 11.8 Å². The zero-order valence-corrected chi connectivity index (χ0v) is 26.3. The van der Waals surface area contributed by atoms with Crippen LogP contribution in [-0.2, 0) is 0 Å². The molecular weight excluding hydrogens is 608 g/mol. The van der Waals surface area contributed by atoms with Gasteiger partial charge in [-0.25, -0.2) is 5.43 Å². The van der Waals surface area contributed by atoms with E-state index in [1.807, 2.05) is 50.2 Å². The second kappa shape index (κ2) is 16.6. The minimum atomic E-state index is -0.654. The van der Waals surface area contributed by atoms with Gasteiger partial charge in [-0.2, -0.15) is 5.10 Å². The maximum atomic E-state index is 12.6. The number of carbonyl (C=O) groups excluding carboxylic acids is 2. The van der Waals surface area contributed by atoms with Crippen molar-refractivity contribution < 1.29 is 29.6 Å². The number of carbonyl (C=O) groups is 2. The molecule has 6 aromatic rings. The van der Waals surface area contributed by atoms with E-state index in [1.165, 1.54) is 12.3 Å². The van der Waals surface area contributed by atoms with Crippen molar-refractivity contribution in [2.24, 2.45) is 10.8 Å². The van der Waals surface area contributed by atoms with Crippen molar-refractivity contribution in [3.8, 4) is 23.0 Å². The maximum absolute atomic E-state index is 12.6. The number of primary amides is 1. The van der Waals surface area contributed by atoms with Crippen LogP contribution in [0.1, 0.15) is 45.7 Å². The molecule has 10 heteroatoms. The average molecular weight is 643 g/mol. The number of fused-ring (bicyclic) bond motifs is 2. The lowest BCUT2D eigenvalue weighted by Crippen LogP contribution is -2.18. The van der Waals surface area contributed by atoms with E-state index in [1.54, 1.807) is 78.9 Å². The van der Waals surface area contributed by atoms with Crippen LogP contribution in [0.2, 0.25) is 0 Å². The first-order chi connectivity index (χ1) is 23.4. The molecule has 0 unspecified atom stereocenters. The normalized spacial score (nSPS) is 10.3. The zero-order chi connectivity index (χ0) is 34.5. The molecule has 6 rings (SSSR count). The molecule has 0 spiro atoms. The van der Waals surface area contributed by atoms with Gasteiger partial charge in [-0.3, -0.25) is 19.4 Å². The van der Waals surface area contributed by atoms with E-state index < -0.39 is 11.8 Å². The monoisotopic (exact) mass is 642 g/mol. The quantitative estimate of drug-likeness (QED) is 0.0661. The van der Waals surface area contributed by atoms with Crippen LogP contribution in [0.4, 0.5) is 0 Å². The Hall–Kier alpha value is -6.68. The molecular formula is C38H34N4O6. The number of nitrogens with zero attached hydrogens (tertiary/aromatic N) is 1. The summed E-state index contributed by atoms with van der Waals surface area (Å²) < 4.78 is 0. The van der Waals surface area contributed by atoms with Crippen LogP contribution < -0.4 is 20.9 Å². The summed E-state index contributed by atoms with van der Waals surface area (Å²) in [4.78, 5) is 35.6. The molecule has 0 aromatic heterocycles. The molecule has 0 bridgehead atoms. The van der Waals surface area contributed by atoms with Gasteiger partial charge in [0.05, 0.1) is 17.3 Å². The Morgan fingerprint density at radius 3 is 1.96 bits per heavy atom. The third-order valence-electron chi connectivity index (χ3n) is 6.86. The predicted molar refractivity (Wildman–Crippen MR) is 188 cm³/mol. The number of benzene rings is 6. The highest BCUT2D eigenvalue weighted by molar-refractivity contribution is 6.04. The third kappa shape index (κ3) is 8.32. The smallest absolute Gasteiger partial charge is 0.275 e. The van der Waals surface area contributed by atoms with E-state index in [-0.39, 0.29) is 34.1 Å². The molecule has 0 atom stereocenters. The second-order valence-corrected chi connectivity index (χ2v) is 9.85. The van der Waals surface area contributed by atoms with E-state index in [0.29, 0.717) is 16.5 Å². The summed E-state index contributed by atoms with van der Waals surface area (Å²) in [5, 5.41) is 33.3. The van der Waals surface area contributed by atoms with Gasteiger partial charge in [-0.05, 0) is 58.6 Å². The Balaban J connectivity index is 0.000000406. The van der Waals surface area contributed by atoms with Crippen molar-refractivity contribution in [3.05, 3.63) is 144 Å². The van der Waals surface area contributed by atoms with Crippen molar-refractivity contribution in [1.82, 2.24) is 5.43 Å². The van der Waals surface area contributed by atoms with Gasteiger partial charge >= 0.3 is 0 Å². The van der Waals surface area contributed by atoms with Gasteiger partial charge in [0, 0.05) is 22.7 Å². The zero-order valence-electron chi connectivity index (χ0n) is 26.3. The third-order valence-corrected chi connectivity index (χ3v) is 6.86. The molecule has 2 amide bonds. The molecule has 0 saturated carbocycles. The maximum Gasteiger partial charge on any atom is 0.275 e. The first-order valence-electron chi connectivity index (χ1n) is 14.9. The highest BCUT2D eigenvalue weighted by Crippen LogP contribution is 2.29. The van der Waals surface area contributed by atoms with Crippen molar-refractivity contribution in [3.63, 3.8) is 0 Å². The molecule has 0 heterocycles. The molecule has 6 N–H and O–H groups in total. The van der Waals surface area contributed by atoms with Crippen molar-refractivity contribution in [2.75, 3.05) is 0 Å². The number of nitrogens with two attached hydrogens (primary N) is 1. The fourth-order valence-electron chi connectivity index (χ4n) is 4.50. The van der Waals surface area contributed by atoms with Crippen LogP contribution in [0, 0.1) is 5.41 Å². The number of para-hydroxylation sites is 2. The number of hydrogen-bond acceptors (Lipinski definition) is 8. The molecule has 0 radical (unpaired) electrons. The fourth-order valence-corrected chi connectivity index (χ4v) is 4.50. The molecule has 48 heavy (non-hydrogen) atoms. The highest BCUT2D eigenvalue weighted by atomic mass is 17.2. The van der Waals surface area contributed by atoms with Crippen molar-refractivity contribution in [2.45, 2.75) is 13.8 Å². The van der Waals surface area contributed by atoms with E-state index in [0.717, 1.165) is 22.4 Å². The fraction of sp³-hybridized carbons (Fsp3) is 0.0526. The summed E-state index contributed by atoms with van der Waals surface area (Å²) in [7, 11) is 0. The van der Waals surface area contributed by atoms with Crippen molar-refractivity contribution >= 4 is 45.8 Å². The number of amides is 2. The largest absolute Gasteiger partial charge is 0.507 e. The SMILES string of the molecule is CC.N=Cc1ccccc1O.NC(=O)c1cc2ccccc2cc1OOc1ccccc1/C=N/NC(=O)c1ccc2ccccc2c1O. The number of hydrazone groups is 1. The second-order valence-electron chi connectivity index (χ2n) is 9.85. The first-order valence-corrected chi connectivity index (χ1v) is 14.9. The number of rotatable bonds is 8.